The zero-order chi connectivity index (χ0) is 19.7. The first-order chi connectivity index (χ1) is 13.6. The molecule has 0 unspecified atom stereocenters. The Labute approximate surface area is 161 Å². The molecule has 3 aromatic rings. The maximum Gasteiger partial charge on any atom is 0.290 e. The number of piperazine rings is 1. The molecule has 8 nitrogen and oxygen atoms in total. The number of carbonyl (C=O) groups excluding carboxylic acids is 1. The van der Waals surface area contributed by atoms with Gasteiger partial charge in [-0.3, -0.25) is 14.6 Å². The number of fused-ring (bicyclic) bond motifs is 1. The average Bonchev–Trinajstić information content (AvgIpc) is 2.72. The molecule has 2 aromatic heterocycles. The fourth-order valence-corrected chi connectivity index (χ4v) is 3.51. The van der Waals surface area contributed by atoms with Crippen LogP contribution < -0.4 is 15.2 Å². The highest BCUT2D eigenvalue weighted by molar-refractivity contribution is 6.06. The van der Waals surface area contributed by atoms with Gasteiger partial charge in [0.25, 0.3) is 11.5 Å². The molecule has 4 rings (SSSR count). The number of rotatable bonds is 3. The number of benzene rings is 1. The van der Waals surface area contributed by atoms with E-state index in [-0.39, 0.29) is 11.5 Å². The van der Waals surface area contributed by atoms with E-state index in [4.69, 9.17) is 4.74 Å². The lowest BCUT2D eigenvalue weighted by atomic mass is 10.1. The zero-order valence-electron chi connectivity index (χ0n) is 15.8. The summed E-state index contributed by atoms with van der Waals surface area (Å²) >= 11 is 0. The van der Waals surface area contributed by atoms with Crippen molar-refractivity contribution in [3.63, 3.8) is 0 Å². The third-order valence-electron chi connectivity index (χ3n) is 4.93. The lowest BCUT2D eigenvalue weighted by molar-refractivity contribution is 0.0748. The zero-order valence-corrected chi connectivity index (χ0v) is 15.8. The Morgan fingerprint density at radius 3 is 2.68 bits per heavy atom. The third-order valence-corrected chi connectivity index (χ3v) is 4.93. The number of amides is 1. The molecule has 0 aliphatic carbocycles. The van der Waals surface area contributed by atoms with Gasteiger partial charge in [-0.25, -0.2) is 4.98 Å². The fourth-order valence-electron chi connectivity index (χ4n) is 3.51. The maximum absolute atomic E-state index is 13.2. The maximum atomic E-state index is 13.2. The molecule has 28 heavy (non-hydrogen) atoms. The van der Waals surface area contributed by atoms with Crippen molar-refractivity contribution in [2.45, 2.75) is 6.92 Å². The molecule has 1 fully saturated rings. The predicted octanol–water partition coefficient (Wildman–Crippen LogP) is 1.60. The van der Waals surface area contributed by atoms with Crippen LogP contribution in [0.25, 0.3) is 10.9 Å². The highest BCUT2D eigenvalue weighted by Crippen LogP contribution is 2.25. The van der Waals surface area contributed by atoms with E-state index in [9.17, 15) is 9.59 Å². The van der Waals surface area contributed by atoms with Crippen molar-refractivity contribution in [3.8, 4) is 5.75 Å². The normalized spacial score (nSPS) is 14.4. The number of nitrogens with one attached hydrogen (secondary N) is 1. The molecule has 0 radical (unpaired) electrons. The van der Waals surface area contributed by atoms with Gasteiger partial charge in [-0.1, -0.05) is 0 Å². The summed E-state index contributed by atoms with van der Waals surface area (Å²) in [5, 5.41) is 0.806. The first kappa shape index (κ1) is 18.0. The summed E-state index contributed by atoms with van der Waals surface area (Å²) in [6, 6.07) is 7.37. The number of hydrogen-bond acceptors (Lipinski definition) is 6. The summed E-state index contributed by atoms with van der Waals surface area (Å²) in [6.07, 6.45) is 3.08. The van der Waals surface area contributed by atoms with E-state index in [1.54, 1.807) is 13.3 Å². The largest absolute Gasteiger partial charge is 0.497 e. The van der Waals surface area contributed by atoms with Crippen molar-refractivity contribution in [2.24, 2.45) is 0 Å². The van der Waals surface area contributed by atoms with Crippen LogP contribution in [0.3, 0.4) is 0 Å². The van der Waals surface area contributed by atoms with Gasteiger partial charge in [-0.2, -0.15) is 0 Å². The number of aryl methyl sites for hydroxylation is 1. The smallest absolute Gasteiger partial charge is 0.290 e. The Kier molecular flexibility index (Phi) is 4.68. The molecule has 144 valence electrons. The molecule has 1 aliphatic rings. The molecule has 3 heterocycles. The number of H-pyrrole nitrogens is 1. The van der Waals surface area contributed by atoms with Crippen LogP contribution in [-0.2, 0) is 0 Å². The van der Waals surface area contributed by atoms with E-state index in [1.165, 1.54) is 6.20 Å². The Morgan fingerprint density at radius 1 is 1.18 bits per heavy atom. The molecule has 0 bridgehead atoms. The van der Waals surface area contributed by atoms with Crippen molar-refractivity contribution in [1.82, 2.24) is 19.9 Å². The Balaban J connectivity index is 1.57. The number of hydrogen-bond donors (Lipinski definition) is 1. The topological polar surface area (TPSA) is 91.4 Å². The lowest BCUT2D eigenvalue weighted by Gasteiger charge is -2.35. The molecule has 0 atom stereocenters. The van der Waals surface area contributed by atoms with Gasteiger partial charge in [0.1, 0.15) is 5.75 Å². The van der Waals surface area contributed by atoms with Crippen LogP contribution in [0.5, 0.6) is 5.75 Å². The highest BCUT2D eigenvalue weighted by atomic mass is 16.5. The van der Waals surface area contributed by atoms with Crippen LogP contribution in [0.15, 0.2) is 41.5 Å². The Hall–Kier alpha value is -3.42. The molecule has 1 amide bonds. The molecule has 8 heteroatoms. The Morgan fingerprint density at radius 2 is 1.96 bits per heavy atom. The SMILES string of the molecule is COc1ccc2c(C(=O)N3CCN(c4ncc[nH]c4=O)CC3)cc(C)nc2c1. The molecule has 1 N–H and O–H groups in total. The third kappa shape index (κ3) is 3.28. The van der Waals surface area contributed by atoms with E-state index in [1.807, 2.05) is 41.0 Å². The summed E-state index contributed by atoms with van der Waals surface area (Å²) in [4.78, 5) is 40.2. The first-order valence-corrected chi connectivity index (χ1v) is 9.10. The van der Waals surface area contributed by atoms with E-state index in [0.29, 0.717) is 43.3 Å². The second kappa shape index (κ2) is 7.30. The average molecular weight is 379 g/mol. The summed E-state index contributed by atoms with van der Waals surface area (Å²) in [5.41, 5.74) is 1.94. The quantitative estimate of drug-likeness (QED) is 0.743. The minimum absolute atomic E-state index is 0.0322. The van der Waals surface area contributed by atoms with Crippen molar-refractivity contribution < 1.29 is 9.53 Å². The van der Waals surface area contributed by atoms with E-state index < -0.39 is 0 Å². The lowest BCUT2D eigenvalue weighted by Crippen LogP contribution is -2.50. The summed E-state index contributed by atoms with van der Waals surface area (Å²) in [5.74, 6) is 1.07. The highest BCUT2D eigenvalue weighted by Gasteiger charge is 2.25. The molecule has 0 spiro atoms. The number of aromatic amines is 1. The first-order valence-electron chi connectivity index (χ1n) is 9.10. The van der Waals surface area contributed by atoms with Gasteiger partial charge in [0, 0.05) is 55.7 Å². The molecular formula is C20H21N5O3. The van der Waals surface area contributed by atoms with Gasteiger partial charge in [-0.05, 0) is 25.1 Å². The molecular weight excluding hydrogens is 358 g/mol. The van der Waals surface area contributed by atoms with Crippen molar-refractivity contribution in [2.75, 3.05) is 38.2 Å². The molecule has 1 aliphatic heterocycles. The summed E-state index contributed by atoms with van der Waals surface area (Å²) in [6.45, 7) is 4.03. The van der Waals surface area contributed by atoms with Gasteiger partial charge >= 0.3 is 0 Å². The van der Waals surface area contributed by atoms with Crippen LogP contribution >= 0.6 is 0 Å². The van der Waals surface area contributed by atoms with Crippen LogP contribution in [0.2, 0.25) is 0 Å². The molecule has 1 aromatic carbocycles. The number of nitrogens with zero attached hydrogens (tertiary/aromatic N) is 4. The van der Waals surface area contributed by atoms with E-state index in [2.05, 4.69) is 15.0 Å². The van der Waals surface area contributed by atoms with Gasteiger partial charge in [0.2, 0.25) is 0 Å². The minimum Gasteiger partial charge on any atom is -0.497 e. The number of methoxy groups -OCH3 is 1. The number of carbonyl (C=O) groups is 1. The van der Waals surface area contributed by atoms with Gasteiger partial charge in [-0.15, -0.1) is 0 Å². The monoisotopic (exact) mass is 379 g/mol. The van der Waals surface area contributed by atoms with Crippen molar-refractivity contribution >= 4 is 22.6 Å². The second-order valence-corrected chi connectivity index (χ2v) is 6.72. The predicted molar refractivity (Wildman–Crippen MR) is 106 cm³/mol. The number of anilines is 1. The number of pyridine rings is 1. The van der Waals surface area contributed by atoms with Crippen LogP contribution in [-0.4, -0.2) is 59.0 Å². The standard InChI is InChI=1S/C20H21N5O3/c1-13-11-16(15-4-3-14(28-2)12-17(15)23-13)20(27)25-9-7-24(8-10-25)18-19(26)22-6-5-21-18/h3-6,11-12H,7-10H2,1-2H3,(H,22,26). The number of aromatic nitrogens is 3. The summed E-state index contributed by atoms with van der Waals surface area (Å²) in [7, 11) is 1.61. The fraction of sp³-hybridized carbons (Fsp3) is 0.300. The van der Waals surface area contributed by atoms with Crippen molar-refractivity contribution in [3.05, 3.63) is 58.3 Å². The van der Waals surface area contributed by atoms with Crippen LogP contribution in [0, 0.1) is 6.92 Å². The van der Waals surface area contributed by atoms with Gasteiger partial charge in [0.15, 0.2) is 5.82 Å². The Bertz CT molecular complexity index is 1090. The van der Waals surface area contributed by atoms with Gasteiger partial charge in [0.05, 0.1) is 18.2 Å². The second-order valence-electron chi connectivity index (χ2n) is 6.72. The van der Waals surface area contributed by atoms with Crippen LogP contribution in [0.4, 0.5) is 5.82 Å². The molecule has 1 saturated heterocycles. The van der Waals surface area contributed by atoms with Crippen LogP contribution in [0.1, 0.15) is 16.1 Å². The summed E-state index contributed by atoms with van der Waals surface area (Å²) < 4.78 is 5.27. The van der Waals surface area contributed by atoms with E-state index in [0.717, 1.165) is 16.6 Å². The molecule has 0 saturated carbocycles. The van der Waals surface area contributed by atoms with Crippen molar-refractivity contribution in [1.29, 1.82) is 0 Å². The van der Waals surface area contributed by atoms with E-state index >= 15 is 0 Å². The van der Waals surface area contributed by atoms with Gasteiger partial charge < -0.3 is 19.5 Å². The number of ether oxygens (including phenoxy) is 1. The minimum atomic E-state index is -0.216.